The minimum atomic E-state index is -4.45. The summed E-state index contributed by atoms with van der Waals surface area (Å²) in [5.41, 5.74) is 0.346. The summed E-state index contributed by atoms with van der Waals surface area (Å²) in [6.07, 6.45) is 0. The third kappa shape index (κ3) is 3.76. The van der Waals surface area contributed by atoms with Gasteiger partial charge in [-0.3, -0.25) is 4.55 Å². The molecule has 22 heavy (non-hydrogen) atoms. The van der Waals surface area contributed by atoms with Crippen molar-refractivity contribution in [1.29, 1.82) is 0 Å². The molecule has 2 aromatic rings. The van der Waals surface area contributed by atoms with Gasteiger partial charge in [0.25, 0.3) is 10.1 Å². The van der Waals surface area contributed by atoms with Gasteiger partial charge in [0.2, 0.25) is 0 Å². The van der Waals surface area contributed by atoms with E-state index in [0.717, 1.165) is 0 Å². The Morgan fingerprint density at radius 2 is 1.77 bits per heavy atom. The van der Waals surface area contributed by atoms with E-state index in [2.05, 4.69) is 5.32 Å². The van der Waals surface area contributed by atoms with Crippen LogP contribution >= 0.6 is 11.6 Å². The van der Waals surface area contributed by atoms with Crippen LogP contribution in [-0.4, -0.2) is 24.0 Å². The molecular formula is C14H12ClNO5S. The molecule has 0 aliphatic heterocycles. The predicted molar refractivity (Wildman–Crippen MR) is 82.8 cm³/mol. The van der Waals surface area contributed by atoms with E-state index in [4.69, 9.17) is 16.7 Å². The van der Waals surface area contributed by atoms with Crippen LogP contribution in [0.5, 0.6) is 0 Å². The van der Waals surface area contributed by atoms with E-state index >= 15 is 0 Å². The van der Waals surface area contributed by atoms with Crippen LogP contribution < -0.4 is 5.32 Å². The molecule has 0 aromatic heterocycles. The zero-order valence-corrected chi connectivity index (χ0v) is 12.7. The van der Waals surface area contributed by atoms with Crippen molar-refractivity contribution in [3.05, 3.63) is 64.7 Å². The Kier molecular flexibility index (Phi) is 4.70. The topological polar surface area (TPSA) is 104 Å². The number of benzene rings is 2. The maximum absolute atomic E-state index is 11.6. The third-order valence-corrected chi connectivity index (χ3v) is 4.21. The second-order valence-corrected chi connectivity index (χ2v) is 6.36. The normalized spacial score (nSPS) is 12.6. The fourth-order valence-electron chi connectivity index (χ4n) is 1.89. The standard InChI is InChI=1S/C14H12ClNO5S/c15-12-7-6-10(8-11(12)14(17)18)16-13(22(19,20)21)9-4-2-1-3-5-9/h1-8,13,16H,(H,17,18)(H,19,20,21). The maximum atomic E-state index is 11.6. The lowest BCUT2D eigenvalue weighted by Crippen LogP contribution is -2.20. The van der Waals surface area contributed by atoms with Crippen molar-refractivity contribution in [3.8, 4) is 0 Å². The molecule has 0 bridgehead atoms. The first kappa shape index (κ1) is 16.3. The molecule has 0 heterocycles. The van der Waals surface area contributed by atoms with E-state index in [1.165, 1.54) is 30.3 Å². The van der Waals surface area contributed by atoms with Gasteiger partial charge in [0.05, 0.1) is 10.6 Å². The van der Waals surface area contributed by atoms with Gasteiger partial charge in [-0.1, -0.05) is 41.9 Å². The van der Waals surface area contributed by atoms with E-state index in [-0.39, 0.29) is 16.3 Å². The van der Waals surface area contributed by atoms with Crippen LogP contribution in [0.2, 0.25) is 5.02 Å². The summed E-state index contributed by atoms with van der Waals surface area (Å²) < 4.78 is 32.5. The fraction of sp³-hybridized carbons (Fsp3) is 0.0714. The van der Waals surface area contributed by atoms with Gasteiger partial charge in [-0.2, -0.15) is 8.42 Å². The number of carbonyl (C=O) groups is 1. The maximum Gasteiger partial charge on any atom is 0.337 e. The Balaban J connectivity index is 2.41. The highest BCUT2D eigenvalue weighted by molar-refractivity contribution is 7.86. The number of hydrogen-bond acceptors (Lipinski definition) is 4. The molecule has 0 saturated carbocycles. The first-order valence-corrected chi connectivity index (χ1v) is 7.98. The fourth-order valence-corrected chi connectivity index (χ4v) is 2.87. The van der Waals surface area contributed by atoms with Crippen LogP contribution in [0.4, 0.5) is 5.69 Å². The van der Waals surface area contributed by atoms with Gasteiger partial charge in [0.1, 0.15) is 0 Å². The van der Waals surface area contributed by atoms with Crippen molar-refractivity contribution in [1.82, 2.24) is 0 Å². The van der Waals surface area contributed by atoms with E-state index < -0.39 is 21.5 Å². The summed E-state index contributed by atoms with van der Waals surface area (Å²) in [4.78, 5) is 11.0. The van der Waals surface area contributed by atoms with Crippen molar-refractivity contribution in [2.75, 3.05) is 5.32 Å². The Morgan fingerprint density at radius 3 is 2.32 bits per heavy atom. The molecule has 0 aliphatic carbocycles. The number of aromatic carboxylic acids is 1. The monoisotopic (exact) mass is 341 g/mol. The van der Waals surface area contributed by atoms with Crippen LogP contribution in [0.3, 0.4) is 0 Å². The molecule has 2 rings (SSSR count). The highest BCUT2D eigenvalue weighted by Crippen LogP contribution is 2.27. The van der Waals surface area contributed by atoms with Gasteiger partial charge in [0, 0.05) is 5.69 Å². The smallest absolute Gasteiger partial charge is 0.337 e. The number of nitrogens with one attached hydrogen (secondary N) is 1. The van der Waals surface area contributed by atoms with Crippen LogP contribution in [0, 0.1) is 0 Å². The van der Waals surface area contributed by atoms with Crippen LogP contribution in [0.1, 0.15) is 21.3 Å². The van der Waals surface area contributed by atoms with Gasteiger partial charge in [-0.15, -0.1) is 0 Å². The molecule has 0 saturated heterocycles. The zero-order valence-electron chi connectivity index (χ0n) is 11.1. The number of rotatable bonds is 5. The number of hydrogen-bond donors (Lipinski definition) is 3. The van der Waals surface area contributed by atoms with Gasteiger partial charge < -0.3 is 10.4 Å². The van der Waals surface area contributed by atoms with E-state index in [1.54, 1.807) is 18.2 Å². The van der Waals surface area contributed by atoms with Crippen molar-refractivity contribution >= 4 is 33.4 Å². The second-order valence-electron chi connectivity index (χ2n) is 4.45. The third-order valence-electron chi connectivity index (χ3n) is 2.89. The molecule has 1 atom stereocenters. The largest absolute Gasteiger partial charge is 0.478 e. The molecule has 8 heteroatoms. The summed E-state index contributed by atoms with van der Waals surface area (Å²) in [5.74, 6) is -1.24. The number of carboxylic acids is 1. The van der Waals surface area contributed by atoms with Crippen LogP contribution in [-0.2, 0) is 10.1 Å². The first-order chi connectivity index (χ1) is 10.3. The molecule has 3 N–H and O–H groups in total. The van der Waals surface area contributed by atoms with Crippen molar-refractivity contribution in [3.63, 3.8) is 0 Å². The Labute approximate surface area is 132 Å². The average molecular weight is 342 g/mol. The summed E-state index contributed by atoms with van der Waals surface area (Å²) >= 11 is 5.76. The van der Waals surface area contributed by atoms with E-state index in [1.807, 2.05) is 0 Å². The lowest BCUT2D eigenvalue weighted by Gasteiger charge is -2.18. The van der Waals surface area contributed by atoms with Gasteiger partial charge in [-0.05, 0) is 23.8 Å². The molecule has 2 aromatic carbocycles. The molecular weight excluding hydrogens is 330 g/mol. The van der Waals surface area contributed by atoms with Crippen LogP contribution in [0.15, 0.2) is 48.5 Å². The summed E-state index contributed by atoms with van der Waals surface area (Å²) in [7, 11) is -4.45. The van der Waals surface area contributed by atoms with E-state index in [9.17, 15) is 17.8 Å². The number of halogens is 1. The molecule has 116 valence electrons. The lowest BCUT2D eigenvalue weighted by molar-refractivity contribution is 0.0697. The number of anilines is 1. The minimum absolute atomic E-state index is 0.0289. The summed E-state index contributed by atoms with van der Waals surface area (Å²) in [6, 6.07) is 12.0. The van der Waals surface area contributed by atoms with Gasteiger partial charge in [-0.25, -0.2) is 4.79 Å². The molecule has 1 unspecified atom stereocenters. The van der Waals surface area contributed by atoms with Crippen LogP contribution in [0.25, 0.3) is 0 Å². The van der Waals surface area contributed by atoms with Crippen molar-refractivity contribution < 1.29 is 22.9 Å². The number of carboxylic acid groups (broad SMARTS) is 1. The molecule has 6 nitrogen and oxygen atoms in total. The SMILES string of the molecule is O=C(O)c1cc(NC(c2ccccc2)S(=O)(=O)O)ccc1Cl. The second kappa shape index (κ2) is 6.35. The molecule has 0 amide bonds. The summed E-state index contributed by atoms with van der Waals surface area (Å²) in [6.45, 7) is 0. The highest BCUT2D eigenvalue weighted by atomic mass is 35.5. The zero-order chi connectivity index (χ0) is 16.3. The molecule has 0 fully saturated rings. The first-order valence-electron chi connectivity index (χ1n) is 6.09. The Hall–Kier alpha value is -2.09. The minimum Gasteiger partial charge on any atom is -0.478 e. The van der Waals surface area contributed by atoms with Gasteiger partial charge >= 0.3 is 5.97 Å². The van der Waals surface area contributed by atoms with Crippen molar-refractivity contribution in [2.24, 2.45) is 0 Å². The quantitative estimate of drug-likeness (QED) is 0.722. The predicted octanol–water partition coefficient (Wildman–Crippen LogP) is 3.04. The molecule has 0 radical (unpaired) electrons. The molecule has 0 spiro atoms. The summed E-state index contributed by atoms with van der Waals surface area (Å²) in [5, 5.41) is 10.2. The Morgan fingerprint density at radius 1 is 1.14 bits per heavy atom. The lowest BCUT2D eigenvalue weighted by atomic mass is 10.2. The average Bonchev–Trinajstić information content (AvgIpc) is 2.45. The van der Waals surface area contributed by atoms with E-state index in [0.29, 0.717) is 5.56 Å². The Bertz CT molecular complexity index is 792. The van der Waals surface area contributed by atoms with Crippen molar-refractivity contribution in [2.45, 2.75) is 5.37 Å². The highest BCUT2D eigenvalue weighted by Gasteiger charge is 2.25. The molecule has 0 aliphatic rings. The van der Waals surface area contributed by atoms with Gasteiger partial charge in [0.15, 0.2) is 5.37 Å².